The predicted octanol–water partition coefficient (Wildman–Crippen LogP) is -0.317. The van der Waals surface area contributed by atoms with E-state index in [-0.39, 0.29) is 24.2 Å². The van der Waals surface area contributed by atoms with Crippen LogP contribution in [-0.4, -0.2) is 16.8 Å². The summed E-state index contributed by atoms with van der Waals surface area (Å²) in [5.74, 6) is -0.336. The molecule has 0 fully saturated rings. The van der Waals surface area contributed by atoms with E-state index < -0.39 is 4.92 Å². The highest BCUT2D eigenvalue weighted by Gasteiger charge is 2.11. The summed E-state index contributed by atoms with van der Waals surface area (Å²) in [4.78, 5) is 17.5. The standard InChI is InChI=1S/C9H12N6O2/c10-8(11)14-9(12)13-5-6-3-1-2-4-7(6)15(16)17/h1-4H,5H2,(H6,10,11,12,13,14). The van der Waals surface area contributed by atoms with E-state index >= 15 is 0 Å². The maximum absolute atomic E-state index is 10.7. The number of guanidine groups is 2. The molecule has 0 saturated heterocycles. The Balaban J connectivity index is 2.89. The smallest absolute Gasteiger partial charge is 0.274 e. The molecule has 0 radical (unpaired) electrons. The van der Waals surface area contributed by atoms with Gasteiger partial charge in [-0.05, 0) is 0 Å². The summed E-state index contributed by atoms with van der Waals surface area (Å²) in [5.41, 5.74) is 16.0. The summed E-state index contributed by atoms with van der Waals surface area (Å²) < 4.78 is 0. The van der Waals surface area contributed by atoms with Crippen molar-refractivity contribution in [1.82, 2.24) is 0 Å². The molecule has 1 aromatic rings. The molecule has 0 aliphatic heterocycles. The molecule has 0 aliphatic rings. The van der Waals surface area contributed by atoms with Gasteiger partial charge in [0.2, 0.25) is 5.96 Å². The van der Waals surface area contributed by atoms with Gasteiger partial charge in [0.05, 0.1) is 17.0 Å². The number of aliphatic imine (C=N–C) groups is 2. The summed E-state index contributed by atoms with van der Waals surface area (Å²) >= 11 is 0. The molecule has 0 saturated carbocycles. The number of hydrogen-bond acceptors (Lipinski definition) is 3. The molecule has 0 amide bonds. The fourth-order valence-electron chi connectivity index (χ4n) is 1.16. The molecule has 0 spiro atoms. The molecule has 6 N–H and O–H groups in total. The molecule has 0 atom stereocenters. The van der Waals surface area contributed by atoms with Crippen LogP contribution in [0.15, 0.2) is 34.3 Å². The Morgan fingerprint density at radius 2 is 1.94 bits per heavy atom. The molecular formula is C9H12N6O2. The lowest BCUT2D eigenvalue weighted by Crippen LogP contribution is -2.26. The average Bonchev–Trinajstić information content (AvgIpc) is 2.25. The number of rotatable bonds is 3. The van der Waals surface area contributed by atoms with E-state index in [0.717, 1.165) is 0 Å². The summed E-state index contributed by atoms with van der Waals surface area (Å²) in [5, 5.41) is 10.7. The summed E-state index contributed by atoms with van der Waals surface area (Å²) in [7, 11) is 0. The largest absolute Gasteiger partial charge is 0.370 e. The SMILES string of the molecule is NC(N)=NC(N)=NCc1ccccc1[N+](=O)[O-]. The van der Waals surface area contributed by atoms with E-state index in [1.807, 2.05) is 0 Å². The lowest BCUT2D eigenvalue weighted by atomic mass is 10.2. The van der Waals surface area contributed by atoms with Gasteiger partial charge in [0.1, 0.15) is 0 Å². The lowest BCUT2D eigenvalue weighted by Gasteiger charge is -1.99. The van der Waals surface area contributed by atoms with E-state index in [0.29, 0.717) is 5.56 Å². The van der Waals surface area contributed by atoms with Crippen molar-refractivity contribution in [2.75, 3.05) is 0 Å². The van der Waals surface area contributed by atoms with Crippen molar-refractivity contribution in [2.24, 2.45) is 27.2 Å². The number of nitrogens with two attached hydrogens (primary N) is 3. The number of benzene rings is 1. The van der Waals surface area contributed by atoms with Crippen molar-refractivity contribution in [3.05, 3.63) is 39.9 Å². The molecule has 0 unspecified atom stereocenters. The predicted molar refractivity (Wildman–Crippen MR) is 64.2 cm³/mol. The van der Waals surface area contributed by atoms with Gasteiger partial charge in [0.25, 0.3) is 5.69 Å². The minimum atomic E-state index is -0.485. The molecule has 0 heterocycles. The normalized spacial score (nSPS) is 10.9. The summed E-state index contributed by atoms with van der Waals surface area (Å²) in [6, 6.07) is 6.23. The Hall–Kier alpha value is -2.64. The summed E-state index contributed by atoms with van der Waals surface area (Å²) in [6.07, 6.45) is 0. The minimum Gasteiger partial charge on any atom is -0.370 e. The number of nitro groups is 1. The maximum Gasteiger partial charge on any atom is 0.274 e. The third-order valence-electron chi connectivity index (χ3n) is 1.84. The van der Waals surface area contributed by atoms with Gasteiger partial charge in [-0.15, -0.1) is 0 Å². The third kappa shape index (κ3) is 3.78. The second kappa shape index (κ2) is 5.45. The van der Waals surface area contributed by atoms with Gasteiger partial charge in [-0.3, -0.25) is 10.1 Å². The number of hydrogen-bond donors (Lipinski definition) is 3. The van der Waals surface area contributed by atoms with Gasteiger partial charge >= 0.3 is 0 Å². The molecular weight excluding hydrogens is 224 g/mol. The van der Waals surface area contributed by atoms with E-state index in [1.165, 1.54) is 6.07 Å². The quantitative estimate of drug-likeness (QED) is 0.285. The van der Waals surface area contributed by atoms with Crippen molar-refractivity contribution in [1.29, 1.82) is 0 Å². The van der Waals surface area contributed by atoms with Gasteiger partial charge in [0.15, 0.2) is 5.96 Å². The monoisotopic (exact) mass is 236 g/mol. The zero-order chi connectivity index (χ0) is 12.8. The molecule has 90 valence electrons. The fraction of sp³-hybridized carbons (Fsp3) is 0.111. The Morgan fingerprint density at radius 1 is 1.29 bits per heavy atom. The second-order valence-electron chi connectivity index (χ2n) is 3.10. The van der Waals surface area contributed by atoms with Crippen molar-refractivity contribution < 1.29 is 4.92 Å². The molecule has 0 aromatic heterocycles. The van der Waals surface area contributed by atoms with E-state index in [2.05, 4.69) is 9.98 Å². The first kappa shape index (κ1) is 12.4. The molecule has 0 bridgehead atoms. The Labute approximate surface area is 97.0 Å². The Kier molecular flexibility index (Phi) is 3.98. The van der Waals surface area contributed by atoms with Crippen LogP contribution in [0.4, 0.5) is 5.69 Å². The van der Waals surface area contributed by atoms with Crippen molar-refractivity contribution >= 4 is 17.6 Å². The number of para-hydroxylation sites is 1. The highest BCUT2D eigenvalue weighted by atomic mass is 16.6. The minimum absolute atomic E-state index is 0.0197. The van der Waals surface area contributed by atoms with Gasteiger partial charge in [-0.1, -0.05) is 18.2 Å². The van der Waals surface area contributed by atoms with Crippen LogP contribution in [-0.2, 0) is 6.54 Å². The summed E-state index contributed by atoms with van der Waals surface area (Å²) in [6.45, 7) is 0.0414. The molecule has 17 heavy (non-hydrogen) atoms. The zero-order valence-electron chi connectivity index (χ0n) is 8.91. The topological polar surface area (TPSA) is 146 Å². The lowest BCUT2D eigenvalue weighted by molar-refractivity contribution is -0.385. The first-order chi connectivity index (χ1) is 8.00. The van der Waals surface area contributed by atoms with Crippen molar-refractivity contribution in [3.63, 3.8) is 0 Å². The molecule has 8 nitrogen and oxygen atoms in total. The van der Waals surface area contributed by atoms with Gasteiger partial charge in [-0.2, -0.15) is 4.99 Å². The fourth-order valence-corrected chi connectivity index (χ4v) is 1.16. The van der Waals surface area contributed by atoms with Crippen LogP contribution >= 0.6 is 0 Å². The average molecular weight is 236 g/mol. The number of nitro benzene ring substituents is 1. The van der Waals surface area contributed by atoms with Crippen LogP contribution in [0.2, 0.25) is 0 Å². The van der Waals surface area contributed by atoms with Crippen LogP contribution in [0.25, 0.3) is 0 Å². The first-order valence-electron chi connectivity index (χ1n) is 4.62. The molecule has 0 aliphatic carbocycles. The van der Waals surface area contributed by atoms with Crippen molar-refractivity contribution in [2.45, 2.75) is 6.54 Å². The van der Waals surface area contributed by atoms with Crippen LogP contribution in [0, 0.1) is 10.1 Å². The molecule has 1 rings (SSSR count). The van der Waals surface area contributed by atoms with E-state index in [9.17, 15) is 10.1 Å². The third-order valence-corrected chi connectivity index (χ3v) is 1.84. The van der Waals surface area contributed by atoms with Crippen molar-refractivity contribution in [3.8, 4) is 0 Å². The number of nitrogens with zero attached hydrogens (tertiary/aromatic N) is 3. The van der Waals surface area contributed by atoms with E-state index in [1.54, 1.807) is 18.2 Å². The maximum atomic E-state index is 10.7. The Morgan fingerprint density at radius 3 is 2.53 bits per heavy atom. The van der Waals surface area contributed by atoms with Crippen LogP contribution in [0.1, 0.15) is 5.56 Å². The molecule has 1 aromatic carbocycles. The van der Waals surface area contributed by atoms with Crippen LogP contribution in [0.3, 0.4) is 0 Å². The van der Waals surface area contributed by atoms with E-state index in [4.69, 9.17) is 17.2 Å². The second-order valence-corrected chi connectivity index (χ2v) is 3.10. The Bertz CT molecular complexity index is 478. The zero-order valence-corrected chi connectivity index (χ0v) is 8.91. The van der Waals surface area contributed by atoms with Crippen LogP contribution < -0.4 is 17.2 Å². The van der Waals surface area contributed by atoms with Crippen LogP contribution in [0.5, 0.6) is 0 Å². The molecule has 8 heteroatoms. The van der Waals surface area contributed by atoms with Gasteiger partial charge in [0, 0.05) is 6.07 Å². The highest BCUT2D eigenvalue weighted by molar-refractivity contribution is 5.92. The van der Waals surface area contributed by atoms with Gasteiger partial charge in [-0.25, -0.2) is 4.99 Å². The highest BCUT2D eigenvalue weighted by Crippen LogP contribution is 2.18. The first-order valence-corrected chi connectivity index (χ1v) is 4.62. The van der Waals surface area contributed by atoms with Gasteiger partial charge < -0.3 is 17.2 Å².